The number of hydrogen-bond acceptors (Lipinski definition) is 4. The fraction of sp³-hybridized carbons (Fsp3) is 0.389. The molecule has 0 fully saturated rings. The van der Waals surface area contributed by atoms with Crippen molar-refractivity contribution in [2.45, 2.75) is 32.7 Å². The van der Waals surface area contributed by atoms with Crippen molar-refractivity contribution in [3.8, 4) is 0 Å². The third-order valence-electron chi connectivity index (χ3n) is 3.84. The third-order valence-corrected chi connectivity index (χ3v) is 3.84. The van der Waals surface area contributed by atoms with Gasteiger partial charge in [-0.15, -0.1) is 0 Å². The lowest BCUT2D eigenvalue weighted by Gasteiger charge is -2.18. The molecule has 1 atom stereocenters. The SMILES string of the molecule is CCC(C)Nc1cncc(C(=O)N(C)CCc2ccncc2)c1. The van der Waals surface area contributed by atoms with E-state index in [9.17, 15) is 4.79 Å². The van der Waals surface area contributed by atoms with Gasteiger partial charge in [0.1, 0.15) is 0 Å². The molecular weight excluding hydrogens is 288 g/mol. The van der Waals surface area contributed by atoms with Crippen molar-refractivity contribution < 1.29 is 4.79 Å². The second-order valence-electron chi connectivity index (χ2n) is 5.75. The second kappa shape index (κ2) is 8.27. The number of carbonyl (C=O) groups excluding carboxylic acids is 1. The highest BCUT2D eigenvalue weighted by Gasteiger charge is 2.13. The largest absolute Gasteiger partial charge is 0.381 e. The molecule has 2 rings (SSSR count). The molecule has 5 heteroatoms. The lowest BCUT2D eigenvalue weighted by Crippen LogP contribution is -2.29. The van der Waals surface area contributed by atoms with Gasteiger partial charge in [0.05, 0.1) is 11.3 Å². The minimum absolute atomic E-state index is 0.0145. The van der Waals surface area contributed by atoms with E-state index in [1.54, 1.807) is 29.7 Å². The summed E-state index contributed by atoms with van der Waals surface area (Å²) in [6, 6.07) is 6.16. The maximum Gasteiger partial charge on any atom is 0.255 e. The number of aromatic nitrogens is 2. The van der Waals surface area contributed by atoms with E-state index in [0.717, 1.165) is 18.5 Å². The number of rotatable bonds is 7. The van der Waals surface area contributed by atoms with Gasteiger partial charge in [-0.1, -0.05) is 6.92 Å². The average molecular weight is 312 g/mol. The summed E-state index contributed by atoms with van der Waals surface area (Å²) in [5, 5.41) is 3.34. The Bertz CT molecular complexity index is 630. The van der Waals surface area contributed by atoms with Crippen LogP contribution >= 0.6 is 0 Å². The van der Waals surface area contributed by atoms with Crippen LogP contribution in [0.15, 0.2) is 43.0 Å². The summed E-state index contributed by atoms with van der Waals surface area (Å²) in [4.78, 5) is 22.4. The van der Waals surface area contributed by atoms with Crippen molar-refractivity contribution in [2.75, 3.05) is 18.9 Å². The van der Waals surface area contributed by atoms with Crippen molar-refractivity contribution in [1.82, 2.24) is 14.9 Å². The maximum atomic E-state index is 12.5. The van der Waals surface area contributed by atoms with E-state index in [4.69, 9.17) is 0 Å². The molecule has 2 aromatic rings. The number of anilines is 1. The molecule has 1 N–H and O–H groups in total. The fourth-order valence-corrected chi connectivity index (χ4v) is 2.19. The van der Waals surface area contributed by atoms with E-state index in [2.05, 4.69) is 29.1 Å². The zero-order chi connectivity index (χ0) is 16.7. The van der Waals surface area contributed by atoms with E-state index in [1.165, 1.54) is 5.56 Å². The minimum Gasteiger partial charge on any atom is -0.381 e. The van der Waals surface area contributed by atoms with Crippen LogP contribution in [0.5, 0.6) is 0 Å². The Labute approximate surface area is 137 Å². The van der Waals surface area contributed by atoms with Gasteiger partial charge in [-0.2, -0.15) is 0 Å². The molecule has 0 aliphatic heterocycles. The van der Waals surface area contributed by atoms with Gasteiger partial charge >= 0.3 is 0 Å². The standard InChI is InChI=1S/C18H24N4O/c1-4-14(2)21-17-11-16(12-20-13-17)18(23)22(3)10-7-15-5-8-19-9-6-15/h5-6,8-9,11-14,21H,4,7,10H2,1-3H3. The smallest absolute Gasteiger partial charge is 0.255 e. The van der Waals surface area contributed by atoms with E-state index < -0.39 is 0 Å². The predicted molar refractivity (Wildman–Crippen MR) is 92.5 cm³/mol. The normalized spacial score (nSPS) is 11.8. The third kappa shape index (κ3) is 5.06. The molecule has 0 aliphatic rings. The van der Waals surface area contributed by atoms with Crippen molar-refractivity contribution in [3.63, 3.8) is 0 Å². The monoisotopic (exact) mass is 312 g/mol. The average Bonchev–Trinajstić information content (AvgIpc) is 2.60. The Kier molecular flexibility index (Phi) is 6.09. The van der Waals surface area contributed by atoms with Gasteiger partial charge in [-0.25, -0.2) is 0 Å². The molecule has 122 valence electrons. The Morgan fingerprint density at radius 1 is 1.26 bits per heavy atom. The number of carbonyl (C=O) groups is 1. The highest BCUT2D eigenvalue weighted by molar-refractivity contribution is 5.94. The van der Waals surface area contributed by atoms with Crippen LogP contribution < -0.4 is 5.32 Å². The van der Waals surface area contributed by atoms with Crippen molar-refractivity contribution in [1.29, 1.82) is 0 Å². The number of likely N-dealkylation sites (N-methyl/N-ethyl adjacent to an activating group) is 1. The van der Waals surface area contributed by atoms with E-state index >= 15 is 0 Å². The molecular formula is C18H24N4O. The molecule has 0 bridgehead atoms. The molecule has 2 heterocycles. The number of nitrogens with one attached hydrogen (secondary N) is 1. The van der Waals surface area contributed by atoms with Crippen molar-refractivity contribution >= 4 is 11.6 Å². The molecule has 1 unspecified atom stereocenters. The molecule has 23 heavy (non-hydrogen) atoms. The highest BCUT2D eigenvalue weighted by Crippen LogP contribution is 2.12. The molecule has 0 spiro atoms. The maximum absolute atomic E-state index is 12.5. The van der Waals surface area contributed by atoms with Gasteiger partial charge in [-0.3, -0.25) is 14.8 Å². The summed E-state index contributed by atoms with van der Waals surface area (Å²) < 4.78 is 0. The predicted octanol–water partition coefficient (Wildman–Crippen LogP) is 3.00. The summed E-state index contributed by atoms with van der Waals surface area (Å²) in [7, 11) is 1.82. The van der Waals surface area contributed by atoms with Gasteiger partial charge in [0.2, 0.25) is 0 Å². The quantitative estimate of drug-likeness (QED) is 0.854. The van der Waals surface area contributed by atoms with Crippen molar-refractivity contribution in [2.24, 2.45) is 0 Å². The second-order valence-corrected chi connectivity index (χ2v) is 5.75. The molecule has 1 amide bonds. The lowest BCUT2D eigenvalue weighted by molar-refractivity contribution is 0.0796. The van der Waals surface area contributed by atoms with Crippen LogP contribution in [0, 0.1) is 0 Å². The number of pyridine rings is 2. The summed E-state index contributed by atoms with van der Waals surface area (Å²) in [6.07, 6.45) is 8.73. The van der Waals surface area contributed by atoms with Crippen LogP contribution in [0.25, 0.3) is 0 Å². The Morgan fingerprint density at radius 3 is 2.70 bits per heavy atom. The molecule has 2 aromatic heterocycles. The Morgan fingerprint density at radius 2 is 2.00 bits per heavy atom. The number of amides is 1. The Balaban J connectivity index is 1.97. The molecule has 0 saturated heterocycles. The fourth-order valence-electron chi connectivity index (χ4n) is 2.19. The van der Waals surface area contributed by atoms with E-state index in [-0.39, 0.29) is 5.91 Å². The van der Waals surface area contributed by atoms with Gasteiger partial charge in [-0.05, 0) is 43.5 Å². The highest BCUT2D eigenvalue weighted by atomic mass is 16.2. The minimum atomic E-state index is -0.0145. The zero-order valence-corrected chi connectivity index (χ0v) is 14.0. The van der Waals surface area contributed by atoms with Gasteiger partial charge in [0.15, 0.2) is 0 Å². The van der Waals surface area contributed by atoms with Crippen LogP contribution in [0.4, 0.5) is 5.69 Å². The summed E-state index contributed by atoms with van der Waals surface area (Å²) in [5.41, 5.74) is 2.66. The van der Waals surface area contributed by atoms with Gasteiger partial charge in [0.25, 0.3) is 5.91 Å². The molecule has 0 aromatic carbocycles. The molecule has 0 saturated carbocycles. The number of nitrogens with zero attached hydrogens (tertiary/aromatic N) is 3. The zero-order valence-electron chi connectivity index (χ0n) is 14.0. The first kappa shape index (κ1) is 16.9. The molecule has 5 nitrogen and oxygen atoms in total. The first-order chi connectivity index (χ1) is 11.1. The number of hydrogen-bond donors (Lipinski definition) is 1. The van der Waals surface area contributed by atoms with Gasteiger partial charge < -0.3 is 10.2 Å². The first-order valence-corrected chi connectivity index (χ1v) is 7.96. The first-order valence-electron chi connectivity index (χ1n) is 7.96. The van der Waals surface area contributed by atoms with E-state index in [0.29, 0.717) is 18.2 Å². The van der Waals surface area contributed by atoms with Crippen molar-refractivity contribution in [3.05, 3.63) is 54.1 Å². The van der Waals surface area contributed by atoms with Gasteiger partial charge in [0, 0.05) is 44.4 Å². The molecule has 0 aliphatic carbocycles. The topological polar surface area (TPSA) is 58.1 Å². The summed E-state index contributed by atoms with van der Waals surface area (Å²) in [5.74, 6) is -0.0145. The molecule has 0 radical (unpaired) electrons. The Hall–Kier alpha value is -2.43. The summed E-state index contributed by atoms with van der Waals surface area (Å²) in [6.45, 7) is 4.88. The van der Waals surface area contributed by atoms with E-state index in [1.807, 2.05) is 25.2 Å². The van der Waals surface area contributed by atoms with Crippen LogP contribution in [-0.2, 0) is 6.42 Å². The van der Waals surface area contributed by atoms with Crippen LogP contribution in [0.1, 0.15) is 36.2 Å². The lowest BCUT2D eigenvalue weighted by atomic mass is 10.1. The summed E-state index contributed by atoms with van der Waals surface area (Å²) >= 11 is 0. The van der Waals surface area contributed by atoms with Crippen LogP contribution in [0.2, 0.25) is 0 Å². The van der Waals surface area contributed by atoms with Crippen LogP contribution in [-0.4, -0.2) is 40.4 Å². The van der Waals surface area contributed by atoms with Crippen LogP contribution in [0.3, 0.4) is 0 Å².